The van der Waals surface area contributed by atoms with Gasteiger partial charge in [-0.15, -0.1) is 0 Å². The smallest absolute Gasteiger partial charge is 0.187 e. The molecule has 10 heteroatoms. The maximum absolute atomic E-state index is 9.99. The average Bonchev–Trinajstić information content (AvgIpc) is 2.52. The maximum Gasteiger partial charge on any atom is 0.187 e. The van der Waals surface area contributed by atoms with E-state index in [1.54, 1.807) is 0 Å². The highest BCUT2D eigenvalue weighted by Crippen LogP contribution is 2.31. The first-order valence-corrected chi connectivity index (χ1v) is 7.27. The number of aliphatic hydroxyl groups excluding tert-OH is 8. The van der Waals surface area contributed by atoms with Gasteiger partial charge in [0.1, 0.15) is 24.4 Å². The number of aliphatic hydroxyl groups is 8. The fourth-order valence-corrected chi connectivity index (χ4v) is 2.83. The van der Waals surface area contributed by atoms with Gasteiger partial charge in [0, 0.05) is 12.5 Å². The van der Waals surface area contributed by atoms with E-state index in [0.717, 1.165) is 6.42 Å². The standard InChI is InChI=1S/C13H23O10/c14-2-4-5(16)1-6(17)8(18)12(4)23-13-11(21)10(20)9(19)7(3-15)22-13/h1,4-21H,2-3H2/q-1/t4-,5+,6-,7+,8+,9+,10-,11+,12+,13+/m0/s1. The van der Waals surface area contributed by atoms with Crippen molar-refractivity contribution >= 4 is 0 Å². The summed E-state index contributed by atoms with van der Waals surface area (Å²) in [4.78, 5) is 0. The SMILES string of the molecule is OC[C@@H]1[C@@H](O[C@H]2O[C@H](CO)[C@@H](O)[C@H](O)[C@H]2O)[C@H](O)[C@@H](O)[CH-][C@H]1O. The monoisotopic (exact) mass is 339 g/mol. The lowest BCUT2D eigenvalue weighted by Crippen LogP contribution is -2.62. The third-order valence-corrected chi connectivity index (χ3v) is 4.29. The van der Waals surface area contributed by atoms with Crippen molar-refractivity contribution in [2.45, 2.75) is 55.1 Å². The van der Waals surface area contributed by atoms with Crippen molar-refractivity contribution in [3.05, 3.63) is 6.42 Å². The molecule has 0 aromatic carbocycles. The topological polar surface area (TPSA) is 180 Å². The fraction of sp³-hybridized carbons (Fsp3) is 0.923. The van der Waals surface area contributed by atoms with Crippen LogP contribution in [0.2, 0.25) is 0 Å². The normalized spacial score (nSPS) is 51.7. The van der Waals surface area contributed by atoms with Crippen molar-refractivity contribution in [3.63, 3.8) is 0 Å². The van der Waals surface area contributed by atoms with Crippen LogP contribution in [0.4, 0.5) is 0 Å². The Bertz CT molecular complexity index is 380. The molecule has 23 heavy (non-hydrogen) atoms. The molecule has 1 saturated carbocycles. The van der Waals surface area contributed by atoms with E-state index in [1.807, 2.05) is 0 Å². The van der Waals surface area contributed by atoms with Gasteiger partial charge < -0.3 is 50.3 Å². The van der Waals surface area contributed by atoms with Gasteiger partial charge >= 0.3 is 0 Å². The number of hydrogen-bond donors (Lipinski definition) is 8. The highest BCUT2D eigenvalue weighted by molar-refractivity contribution is 5.04. The Balaban J connectivity index is 2.14. The van der Waals surface area contributed by atoms with Crippen molar-refractivity contribution in [1.82, 2.24) is 0 Å². The summed E-state index contributed by atoms with van der Waals surface area (Å²) in [6.45, 7) is -1.23. The van der Waals surface area contributed by atoms with Gasteiger partial charge in [-0.2, -0.15) is 0 Å². The molecule has 0 aromatic heterocycles. The summed E-state index contributed by atoms with van der Waals surface area (Å²) in [6, 6.07) is 0. The van der Waals surface area contributed by atoms with Crippen LogP contribution in [-0.4, -0.2) is 109 Å². The van der Waals surface area contributed by atoms with E-state index in [1.165, 1.54) is 0 Å². The van der Waals surface area contributed by atoms with E-state index < -0.39 is 74.3 Å². The van der Waals surface area contributed by atoms with Crippen LogP contribution in [0.5, 0.6) is 0 Å². The number of ether oxygens (including phenoxy) is 2. The molecular formula is C13H23O10-. The summed E-state index contributed by atoms with van der Waals surface area (Å²) >= 11 is 0. The van der Waals surface area contributed by atoms with Crippen LogP contribution in [0, 0.1) is 12.3 Å². The Hall–Kier alpha value is -0.400. The molecule has 0 amide bonds. The molecule has 1 saturated heterocycles. The van der Waals surface area contributed by atoms with Crippen LogP contribution in [0.1, 0.15) is 0 Å². The Kier molecular flexibility index (Phi) is 6.30. The molecule has 10 atom stereocenters. The van der Waals surface area contributed by atoms with Gasteiger partial charge in [-0.05, 0) is 6.10 Å². The molecule has 10 nitrogen and oxygen atoms in total. The lowest BCUT2D eigenvalue weighted by Gasteiger charge is -2.49. The minimum atomic E-state index is -1.69. The minimum Gasteiger partial charge on any atom is -0.424 e. The molecule has 0 spiro atoms. The summed E-state index contributed by atoms with van der Waals surface area (Å²) in [5.74, 6) is -0.999. The van der Waals surface area contributed by atoms with E-state index in [4.69, 9.17) is 14.6 Å². The van der Waals surface area contributed by atoms with Gasteiger partial charge in [0.15, 0.2) is 6.29 Å². The third-order valence-electron chi connectivity index (χ3n) is 4.29. The van der Waals surface area contributed by atoms with E-state index in [0.29, 0.717) is 0 Å². The molecule has 0 bridgehead atoms. The maximum atomic E-state index is 9.99. The van der Waals surface area contributed by atoms with Crippen LogP contribution in [0.25, 0.3) is 0 Å². The second-order valence-corrected chi connectivity index (χ2v) is 5.81. The lowest BCUT2D eigenvalue weighted by atomic mass is 9.80. The highest BCUT2D eigenvalue weighted by atomic mass is 16.7. The second kappa shape index (κ2) is 7.66. The van der Waals surface area contributed by atoms with Crippen molar-refractivity contribution in [3.8, 4) is 0 Å². The molecule has 2 fully saturated rings. The molecule has 8 N–H and O–H groups in total. The van der Waals surface area contributed by atoms with Gasteiger partial charge in [-0.25, -0.2) is 0 Å². The van der Waals surface area contributed by atoms with Gasteiger partial charge in [0.05, 0.1) is 18.8 Å². The summed E-state index contributed by atoms with van der Waals surface area (Å²) in [5.41, 5.74) is 0. The Morgan fingerprint density at radius 3 is 2.00 bits per heavy atom. The quantitative estimate of drug-likeness (QED) is 0.231. The van der Waals surface area contributed by atoms with Crippen LogP contribution in [0.15, 0.2) is 0 Å². The van der Waals surface area contributed by atoms with Gasteiger partial charge in [0.25, 0.3) is 0 Å². The minimum absolute atomic E-state index is 0.580. The first-order valence-electron chi connectivity index (χ1n) is 7.27. The van der Waals surface area contributed by atoms with Crippen LogP contribution in [-0.2, 0) is 9.47 Å². The lowest BCUT2D eigenvalue weighted by molar-refractivity contribution is -0.328. The average molecular weight is 339 g/mol. The fourth-order valence-electron chi connectivity index (χ4n) is 2.83. The first kappa shape index (κ1) is 18.9. The van der Waals surface area contributed by atoms with Gasteiger partial charge in [-0.1, -0.05) is 6.10 Å². The molecule has 1 heterocycles. The van der Waals surface area contributed by atoms with Gasteiger partial charge in [0.2, 0.25) is 0 Å². The second-order valence-electron chi connectivity index (χ2n) is 5.81. The Labute approximate surface area is 132 Å². The van der Waals surface area contributed by atoms with Crippen LogP contribution in [0.3, 0.4) is 0 Å². The zero-order valence-electron chi connectivity index (χ0n) is 12.2. The van der Waals surface area contributed by atoms with Gasteiger partial charge in [-0.3, -0.25) is 6.42 Å². The number of hydrogen-bond acceptors (Lipinski definition) is 10. The summed E-state index contributed by atoms with van der Waals surface area (Å²) in [7, 11) is 0. The third kappa shape index (κ3) is 3.66. The molecule has 0 radical (unpaired) electrons. The van der Waals surface area contributed by atoms with Crippen molar-refractivity contribution in [1.29, 1.82) is 0 Å². The molecule has 1 aliphatic heterocycles. The van der Waals surface area contributed by atoms with E-state index >= 15 is 0 Å². The van der Waals surface area contributed by atoms with E-state index in [9.17, 15) is 35.7 Å². The molecular weight excluding hydrogens is 316 g/mol. The molecule has 1 aliphatic carbocycles. The molecule has 136 valence electrons. The summed E-state index contributed by atoms with van der Waals surface area (Å²) in [5, 5.41) is 77.2. The Morgan fingerprint density at radius 2 is 1.43 bits per heavy atom. The Morgan fingerprint density at radius 1 is 0.783 bits per heavy atom. The van der Waals surface area contributed by atoms with E-state index in [2.05, 4.69) is 0 Å². The predicted octanol–water partition coefficient (Wildman–Crippen LogP) is -4.92. The first-order chi connectivity index (χ1) is 10.8. The van der Waals surface area contributed by atoms with Crippen molar-refractivity contribution in [2.75, 3.05) is 13.2 Å². The molecule has 2 rings (SSSR count). The van der Waals surface area contributed by atoms with Crippen molar-refractivity contribution in [2.24, 2.45) is 5.92 Å². The van der Waals surface area contributed by atoms with E-state index in [-0.39, 0.29) is 0 Å². The zero-order valence-corrected chi connectivity index (χ0v) is 12.2. The summed E-state index contributed by atoms with van der Waals surface area (Å²) < 4.78 is 10.5. The van der Waals surface area contributed by atoms with Crippen LogP contribution >= 0.6 is 0 Å². The van der Waals surface area contributed by atoms with Crippen molar-refractivity contribution < 1.29 is 50.3 Å². The predicted molar refractivity (Wildman–Crippen MR) is 71.5 cm³/mol. The molecule has 0 unspecified atom stereocenters. The molecule has 2 aliphatic rings. The number of rotatable bonds is 4. The van der Waals surface area contributed by atoms with Crippen LogP contribution < -0.4 is 0 Å². The molecule has 0 aromatic rings. The largest absolute Gasteiger partial charge is 0.424 e. The highest BCUT2D eigenvalue weighted by Gasteiger charge is 2.47. The zero-order chi connectivity index (χ0) is 17.3. The summed E-state index contributed by atoms with van der Waals surface area (Å²) in [6.07, 6.45) is -12.1.